The quantitative estimate of drug-likeness (QED) is 0.600. The van der Waals surface area contributed by atoms with E-state index < -0.39 is 0 Å². The Labute approximate surface area is 114 Å². The Morgan fingerprint density at radius 2 is 2.21 bits per heavy atom. The summed E-state index contributed by atoms with van der Waals surface area (Å²) in [6, 6.07) is 3.71. The van der Waals surface area contributed by atoms with Crippen LogP contribution in [0.5, 0.6) is 0 Å². The number of nitrogens with two attached hydrogens (primary N) is 1. The predicted molar refractivity (Wildman–Crippen MR) is 73.5 cm³/mol. The largest absolute Gasteiger partial charge is 0.467 e. The molecule has 0 saturated carbocycles. The summed E-state index contributed by atoms with van der Waals surface area (Å²) in [6.45, 7) is 2.47. The maximum atomic E-state index is 11.4. The van der Waals surface area contributed by atoms with Gasteiger partial charge in [-0.1, -0.05) is 6.42 Å². The van der Waals surface area contributed by atoms with Gasteiger partial charge < -0.3 is 20.2 Å². The average molecular weight is 268 g/mol. The van der Waals surface area contributed by atoms with Gasteiger partial charge in [0.2, 0.25) is 5.91 Å². The molecule has 0 fully saturated rings. The molecule has 0 aliphatic carbocycles. The van der Waals surface area contributed by atoms with Crippen molar-refractivity contribution in [2.45, 2.75) is 38.7 Å². The van der Waals surface area contributed by atoms with Crippen LogP contribution >= 0.6 is 0 Å². The van der Waals surface area contributed by atoms with E-state index in [0.717, 1.165) is 31.4 Å². The molecular weight excluding hydrogens is 244 g/mol. The van der Waals surface area contributed by atoms with Crippen LogP contribution in [0.15, 0.2) is 22.8 Å². The standard InChI is InChI=1S/C14H24N2O3/c15-8-3-1-2-7-14(17)16-9-5-10-18-12-13-6-4-11-19-13/h4,6,11H,1-3,5,7-10,12,15H2,(H,16,17). The van der Waals surface area contributed by atoms with Crippen molar-refractivity contribution in [3.05, 3.63) is 24.2 Å². The van der Waals surface area contributed by atoms with E-state index in [0.29, 0.717) is 32.7 Å². The van der Waals surface area contributed by atoms with E-state index in [1.807, 2.05) is 12.1 Å². The second-order valence-electron chi connectivity index (χ2n) is 4.43. The normalized spacial score (nSPS) is 10.6. The minimum absolute atomic E-state index is 0.114. The first-order valence-electron chi connectivity index (χ1n) is 6.90. The van der Waals surface area contributed by atoms with Crippen LogP contribution in [0.3, 0.4) is 0 Å². The molecule has 0 aromatic carbocycles. The molecule has 0 radical (unpaired) electrons. The Bertz CT molecular complexity index is 325. The molecule has 0 bridgehead atoms. The lowest BCUT2D eigenvalue weighted by Gasteiger charge is -2.05. The molecule has 1 aromatic rings. The predicted octanol–water partition coefficient (Wildman–Crippen LogP) is 1.82. The number of furan rings is 1. The van der Waals surface area contributed by atoms with E-state index in [1.165, 1.54) is 0 Å². The van der Waals surface area contributed by atoms with Crippen LogP contribution in [0.1, 0.15) is 37.9 Å². The fourth-order valence-corrected chi connectivity index (χ4v) is 1.66. The van der Waals surface area contributed by atoms with E-state index in [1.54, 1.807) is 6.26 Å². The van der Waals surface area contributed by atoms with E-state index >= 15 is 0 Å². The highest BCUT2D eigenvalue weighted by Gasteiger charge is 2.00. The second kappa shape index (κ2) is 10.6. The van der Waals surface area contributed by atoms with Gasteiger partial charge in [-0.05, 0) is 37.9 Å². The monoisotopic (exact) mass is 268 g/mol. The molecule has 1 heterocycles. The first-order chi connectivity index (χ1) is 9.33. The Morgan fingerprint density at radius 1 is 1.32 bits per heavy atom. The number of carbonyl (C=O) groups is 1. The van der Waals surface area contributed by atoms with Crippen LogP contribution in [0, 0.1) is 0 Å². The lowest BCUT2D eigenvalue weighted by atomic mass is 10.2. The first-order valence-corrected chi connectivity index (χ1v) is 6.90. The number of ether oxygens (including phenoxy) is 1. The minimum Gasteiger partial charge on any atom is -0.467 e. The van der Waals surface area contributed by atoms with E-state index in [9.17, 15) is 4.79 Å². The van der Waals surface area contributed by atoms with Gasteiger partial charge in [-0.3, -0.25) is 4.79 Å². The van der Waals surface area contributed by atoms with Crippen molar-refractivity contribution in [2.24, 2.45) is 5.73 Å². The Kier molecular flexibility index (Phi) is 8.76. The summed E-state index contributed by atoms with van der Waals surface area (Å²) in [7, 11) is 0. The zero-order valence-electron chi connectivity index (χ0n) is 11.4. The molecule has 5 heteroatoms. The maximum Gasteiger partial charge on any atom is 0.219 e. The van der Waals surface area contributed by atoms with Gasteiger partial charge in [0, 0.05) is 19.6 Å². The van der Waals surface area contributed by atoms with Crippen LogP contribution in [0.25, 0.3) is 0 Å². The highest BCUT2D eigenvalue weighted by molar-refractivity contribution is 5.75. The summed E-state index contributed by atoms with van der Waals surface area (Å²) >= 11 is 0. The number of carbonyl (C=O) groups excluding carboxylic acids is 1. The third kappa shape index (κ3) is 8.40. The molecule has 0 spiro atoms. The highest BCUT2D eigenvalue weighted by atomic mass is 16.5. The number of unbranched alkanes of at least 4 members (excludes halogenated alkanes) is 2. The Hall–Kier alpha value is -1.33. The van der Waals surface area contributed by atoms with Crippen molar-refractivity contribution in [2.75, 3.05) is 19.7 Å². The van der Waals surface area contributed by atoms with Crippen molar-refractivity contribution in [1.82, 2.24) is 5.32 Å². The van der Waals surface area contributed by atoms with Gasteiger partial charge in [0.25, 0.3) is 0 Å². The van der Waals surface area contributed by atoms with E-state index in [2.05, 4.69) is 5.32 Å². The van der Waals surface area contributed by atoms with Crippen LogP contribution in [0.2, 0.25) is 0 Å². The Morgan fingerprint density at radius 3 is 2.95 bits per heavy atom. The van der Waals surface area contributed by atoms with E-state index in [4.69, 9.17) is 14.9 Å². The molecule has 19 heavy (non-hydrogen) atoms. The van der Waals surface area contributed by atoms with Gasteiger partial charge in [-0.25, -0.2) is 0 Å². The van der Waals surface area contributed by atoms with Crippen LogP contribution in [-0.2, 0) is 16.1 Å². The SMILES string of the molecule is NCCCCCC(=O)NCCCOCc1ccco1. The third-order valence-electron chi connectivity index (χ3n) is 2.72. The molecule has 1 rings (SSSR count). The second-order valence-corrected chi connectivity index (χ2v) is 4.43. The zero-order chi connectivity index (χ0) is 13.8. The molecule has 0 aliphatic rings. The summed E-state index contributed by atoms with van der Waals surface area (Å²) < 4.78 is 10.6. The number of hydrogen-bond acceptors (Lipinski definition) is 4. The number of hydrogen-bond donors (Lipinski definition) is 2. The molecule has 0 saturated heterocycles. The van der Waals surface area contributed by atoms with Gasteiger partial charge in [-0.15, -0.1) is 0 Å². The van der Waals surface area contributed by atoms with Crippen molar-refractivity contribution >= 4 is 5.91 Å². The van der Waals surface area contributed by atoms with Gasteiger partial charge in [0.1, 0.15) is 12.4 Å². The zero-order valence-corrected chi connectivity index (χ0v) is 11.4. The molecule has 3 N–H and O–H groups in total. The molecule has 5 nitrogen and oxygen atoms in total. The summed E-state index contributed by atoms with van der Waals surface area (Å²) in [6.07, 6.45) is 5.97. The molecule has 0 unspecified atom stereocenters. The topological polar surface area (TPSA) is 77.5 Å². The average Bonchev–Trinajstić information content (AvgIpc) is 2.92. The van der Waals surface area contributed by atoms with E-state index in [-0.39, 0.29) is 5.91 Å². The highest BCUT2D eigenvalue weighted by Crippen LogP contribution is 2.02. The number of rotatable bonds is 11. The first kappa shape index (κ1) is 15.7. The molecule has 108 valence electrons. The van der Waals surface area contributed by atoms with Crippen molar-refractivity contribution in [3.63, 3.8) is 0 Å². The summed E-state index contributed by atoms with van der Waals surface area (Å²) in [5, 5.41) is 2.88. The van der Waals surface area contributed by atoms with Gasteiger partial charge in [0.05, 0.1) is 6.26 Å². The smallest absolute Gasteiger partial charge is 0.219 e. The maximum absolute atomic E-state index is 11.4. The minimum atomic E-state index is 0.114. The summed E-state index contributed by atoms with van der Waals surface area (Å²) in [4.78, 5) is 11.4. The fourth-order valence-electron chi connectivity index (χ4n) is 1.66. The van der Waals surface area contributed by atoms with Crippen molar-refractivity contribution < 1.29 is 13.9 Å². The molecule has 0 aliphatic heterocycles. The Balaban J connectivity index is 1.86. The molecular formula is C14H24N2O3. The molecule has 1 amide bonds. The summed E-state index contributed by atoms with van der Waals surface area (Å²) in [5.41, 5.74) is 5.39. The van der Waals surface area contributed by atoms with Crippen LogP contribution < -0.4 is 11.1 Å². The lowest BCUT2D eigenvalue weighted by Crippen LogP contribution is -2.24. The number of nitrogens with one attached hydrogen (secondary N) is 1. The van der Waals surface area contributed by atoms with Gasteiger partial charge in [-0.2, -0.15) is 0 Å². The van der Waals surface area contributed by atoms with Crippen molar-refractivity contribution in [1.29, 1.82) is 0 Å². The lowest BCUT2D eigenvalue weighted by molar-refractivity contribution is -0.121. The molecule has 1 aromatic heterocycles. The van der Waals surface area contributed by atoms with Crippen LogP contribution in [0.4, 0.5) is 0 Å². The van der Waals surface area contributed by atoms with Gasteiger partial charge in [0.15, 0.2) is 0 Å². The van der Waals surface area contributed by atoms with Gasteiger partial charge >= 0.3 is 0 Å². The van der Waals surface area contributed by atoms with Crippen LogP contribution in [-0.4, -0.2) is 25.6 Å². The summed E-state index contributed by atoms with van der Waals surface area (Å²) in [5.74, 6) is 0.937. The number of amides is 1. The third-order valence-corrected chi connectivity index (χ3v) is 2.72. The fraction of sp³-hybridized carbons (Fsp3) is 0.643. The molecule has 0 atom stereocenters. The van der Waals surface area contributed by atoms with Crippen molar-refractivity contribution in [3.8, 4) is 0 Å².